The van der Waals surface area contributed by atoms with Crippen LogP contribution >= 0.6 is 7.82 Å². The standard InChI is InChI=1S/C4H9O.Ca.H3O4P/c1-2-3-4-5;;1-5(2,3)4/h5H,1-4H2;;(H3,1,2,3,4)/q;+2;/p-2. The molecule has 0 rings (SSSR count). The summed E-state index contributed by atoms with van der Waals surface area (Å²) in [7, 11) is -5.14. The predicted octanol–water partition coefficient (Wildman–Crippen LogP) is -1.98. The third-order valence-electron chi connectivity index (χ3n) is 0.408. The normalized spacial score (nSPS) is 9.18. The second kappa shape index (κ2) is 11.3. The van der Waals surface area contributed by atoms with E-state index in [1.807, 2.05) is 0 Å². The molecule has 0 aromatic rings. The van der Waals surface area contributed by atoms with Crippen LogP contribution in [0.3, 0.4) is 0 Å². The van der Waals surface area contributed by atoms with E-state index in [1.165, 1.54) is 0 Å². The Morgan fingerprint density at radius 1 is 1.45 bits per heavy atom. The zero-order chi connectivity index (χ0) is 8.62. The molecule has 0 aromatic heterocycles. The van der Waals surface area contributed by atoms with Gasteiger partial charge in [0.15, 0.2) is 0 Å². The molecule has 0 unspecified atom stereocenters. The van der Waals surface area contributed by atoms with Crippen molar-refractivity contribution in [2.75, 3.05) is 6.61 Å². The molecule has 5 nitrogen and oxygen atoms in total. The van der Waals surface area contributed by atoms with Crippen LogP contribution in [0.4, 0.5) is 0 Å². The van der Waals surface area contributed by atoms with E-state index in [2.05, 4.69) is 6.92 Å². The second-order valence-corrected chi connectivity index (χ2v) is 2.34. The maximum absolute atomic E-state index is 8.66. The average molecular weight is 209 g/mol. The van der Waals surface area contributed by atoms with Gasteiger partial charge >= 0.3 is 37.7 Å². The van der Waals surface area contributed by atoms with E-state index in [1.54, 1.807) is 0 Å². The van der Waals surface area contributed by atoms with Crippen LogP contribution in [0.5, 0.6) is 0 Å². The SMILES string of the molecule is O=P([O-])([O-])O.[CH2]CCCO.[Ca+2]. The van der Waals surface area contributed by atoms with Gasteiger partial charge < -0.3 is 24.4 Å². The van der Waals surface area contributed by atoms with Gasteiger partial charge in [-0.3, -0.25) is 0 Å². The second-order valence-electron chi connectivity index (χ2n) is 1.40. The fourth-order valence-corrected chi connectivity index (χ4v) is 0.112. The van der Waals surface area contributed by atoms with Crippen molar-refractivity contribution in [1.29, 1.82) is 0 Å². The van der Waals surface area contributed by atoms with Crippen molar-refractivity contribution >= 4 is 45.6 Å². The Hall–Kier alpha value is 1.33. The van der Waals surface area contributed by atoms with Crippen molar-refractivity contribution < 1.29 is 24.4 Å². The molecule has 0 fully saturated rings. The summed E-state index contributed by atoms with van der Waals surface area (Å²) in [6, 6.07) is 0. The van der Waals surface area contributed by atoms with Gasteiger partial charge in [0.1, 0.15) is 0 Å². The van der Waals surface area contributed by atoms with Crippen LogP contribution in [-0.2, 0) is 4.57 Å². The van der Waals surface area contributed by atoms with Gasteiger partial charge in [0, 0.05) is 6.61 Å². The molecular weight excluding hydrogens is 199 g/mol. The first kappa shape index (κ1) is 18.2. The molecular formula is C4H10CaO5P. The molecule has 0 aromatic carbocycles. The van der Waals surface area contributed by atoms with Crippen LogP contribution < -0.4 is 9.79 Å². The predicted molar refractivity (Wildman–Crippen MR) is 37.3 cm³/mol. The first-order valence-corrected chi connectivity index (χ1v) is 4.06. The van der Waals surface area contributed by atoms with Crippen LogP contribution in [0, 0.1) is 6.92 Å². The van der Waals surface area contributed by atoms with Gasteiger partial charge in [0.25, 0.3) is 0 Å². The summed E-state index contributed by atoms with van der Waals surface area (Å²) in [6.45, 7) is 3.80. The molecule has 0 aliphatic heterocycles. The van der Waals surface area contributed by atoms with E-state index in [9.17, 15) is 0 Å². The van der Waals surface area contributed by atoms with E-state index in [0.717, 1.165) is 12.8 Å². The molecule has 1 radical (unpaired) electrons. The minimum absolute atomic E-state index is 0. The quantitative estimate of drug-likeness (QED) is 0.405. The molecule has 2 N–H and O–H groups in total. The molecule has 7 heteroatoms. The topological polar surface area (TPSA) is 104 Å². The molecule has 0 amide bonds. The van der Waals surface area contributed by atoms with Gasteiger partial charge in [-0.1, -0.05) is 13.3 Å². The summed E-state index contributed by atoms with van der Waals surface area (Å²) in [6.07, 6.45) is 1.68. The number of hydrogen-bond acceptors (Lipinski definition) is 4. The van der Waals surface area contributed by atoms with Crippen molar-refractivity contribution in [3.05, 3.63) is 6.92 Å². The number of aliphatic hydroxyl groups excluding tert-OH is 1. The van der Waals surface area contributed by atoms with Crippen LogP contribution in [0.1, 0.15) is 12.8 Å². The number of phosphoric acid groups is 1. The Kier molecular flexibility index (Phi) is 18.7. The molecule has 63 valence electrons. The van der Waals surface area contributed by atoms with E-state index in [4.69, 9.17) is 24.4 Å². The van der Waals surface area contributed by atoms with Crippen LogP contribution in [0.2, 0.25) is 0 Å². The van der Waals surface area contributed by atoms with Gasteiger partial charge in [-0.2, -0.15) is 0 Å². The molecule has 0 atom stereocenters. The number of unbranched alkanes of at least 4 members (excludes halogenated alkanes) is 1. The van der Waals surface area contributed by atoms with Crippen molar-refractivity contribution in [2.45, 2.75) is 12.8 Å². The summed E-state index contributed by atoms with van der Waals surface area (Å²) in [4.78, 5) is 24.3. The minimum atomic E-state index is -5.14. The monoisotopic (exact) mass is 209 g/mol. The molecule has 0 saturated carbocycles. The molecule has 0 spiro atoms. The molecule has 11 heavy (non-hydrogen) atoms. The zero-order valence-electron chi connectivity index (χ0n) is 6.10. The summed E-state index contributed by atoms with van der Waals surface area (Å²) < 4.78 is 8.66. The summed E-state index contributed by atoms with van der Waals surface area (Å²) >= 11 is 0. The van der Waals surface area contributed by atoms with Crippen molar-refractivity contribution in [3.63, 3.8) is 0 Å². The molecule has 0 saturated heterocycles. The van der Waals surface area contributed by atoms with E-state index >= 15 is 0 Å². The largest absolute Gasteiger partial charge is 2.00 e. The van der Waals surface area contributed by atoms with Crippen LogP contribution in [-0.4, -0.2) is 54.3 Å². The van der Waals surface area contributed by atoms with E-state index in [-0.39, 0.29) is 44.3 Å². The van der Waals surface area contributed by atoms with Crippen molar-refractivity contribution in [2.24, 2.45) is 0 Å². The summed E-state index contributed by atoms with van der Waals surface area (Å²) in [5, 5.41) is 8.03. The van der Waals surface area contributed by atoms with Gasteiger partial charge in [-0.25, -0.2) is 0 Å². The first-order valence-electron chi connectivity index (χ1n) is 2.56. The molecule has 0 bridgehead atoms. The Labute approximate surface area is 95.7 Å². The Morgan fingerprint density at radius 3 is 1.73 bits per heavy atom. The number of hydrogen-bond donors (Lipinski definition) is 2. The smallest absolute Gasteiger partial charge is 0.790 e. The average Bonchev–Trinajstić information content (AvgIpc) is 1.63. The van der Waals surface area contributed by atoms with Crippen LogP contribution in [0.25, 0.3) is 0 Å². The maximum Gasteiger partial charge on any atom is 2.00 e. The summed E-state index contributed by atoms with van der Waals surface area (Å²) in [5.74, 6) is 0. The Bertz CT molecular complexity index is 92.4. The third-order valence-corrected chi connectivity index (χ3v) is 0.408. The van der Waals surface area contributed by atoms with E-state index in [0.29, 0.717) is 0 Å². The first-order chi connectivity index (χ1) is 4.41. The third kappa shape index (κ3) is 88.9. The van der Waals surface area contributed by atoms with Gasteiger partial charge in [-0.05, 0) is 6.42 Å². The fourth-order valence-electron chi connectivity index (χ4n) is 0.112. The fraction of sp³-hybridized carbons (Fsp3) is 0.750. The van der Waals surface area contributed by atoms with Crippen molar-refractivity contribution in [3.8, 4) is 0 Å². The summed E-state index contributed by atoms with van der Waals surface area (Å²) in [5.41, 5.74) is 0. The number of aliphatic hydroxyl groups is 1. The van der Waals surface area contributed by atoms with Gasteiger partial charge in [0.05, 0.1) is 7.82 Å². The van der Waals surface area contributed by atoms with E-state index < -0.39 is 7.82 Å². The Morgan fingerprint density at radius 2 is 1.73 bits per heavy atom. The van der Waals surface area contributed by atoms with Crippen LogP contribution in [0.15, 0.2) is 0 Å². The van der Waals surface area contributed by atoms with Gasteiger partial charge in [0.2, 0.25) is 0 Å². The minimum Gasteiger partial charge on any atom is -0.790 e. The molecule has 0 aliphatic carbocycles. The maximum atomic E-state index is 8.66. The van der Waals surface area contributed by atoms with Gasteiger partial charge in [-0.15, -0.1) is 0 Å². The Balaban J connectivity index is -0.000000107. The number of rotatable bonds is 2. The molecule has 0 heterocycles. The molecule has 0 aliphatic rings. The zero-order valence-corrected chi connectivity index (χ0v) is 9.20. The van der Waals surface area contributed by atoms with Crippen molar-refractivity contribution in [1.82, 2.24) is 0 Å².